The van der Waals surface area contributed by atoms with E-state index in [9.17, 15) is 9.59 Å². The molecule has 0 spiro atoms. The van der Waals surface area contributed by atoms with Crippen molar-refractivity contribution in [2.24, 2.45) is 0 Å². The number of hydrogen-bond donors (Lipinski definition) is 2. The van der Waals surface area contributed by atoms with Gasteiger partial charge in [-0.2, -0.15) is 0 Å². The third kappa shape index (κ3) is 5.52. The standard InChI is InChI=1S/C19H16ClN5O2/c20-16-8-4-7-15(11-16)19(27)23-22-18(26)10-9-17-13-25(24-21-17)12-14-5-2-1-3-6-14/h1-11,13H,12H2,(H,22,26)(H,23,27)/b10-9+. The van der Waals surface area contributed by atoms with Crippen LogP contribution in [0.15, 0.2) is 66.9 Å². The van der Waals surface area contributed by atoms with Gasteiger partial charge < -0.3 is 0 Å². The first-order valence-corrected chi connectivity index (χ1v) is 8.46. The SMILES string of the molecule is O=C(/C=C/c1cn(Cc2ccccc2)nn1)NNC(=O)c1cccc(Cl)c1. The van der Waals surface area contributed by atoms with Crippen molar-refractivity contribution < 1.29 is 9.59 Å². The number of hydrazine groups is 1. The average Bonchev–Trinajstić information content (AvgIpc) is 3.12. The van der Waals surface area contributed by atoms with Crippen molar-refractivity contribution in [2.45, 2.75) is 6.54 Å². The minimum absolute atomic E-state index is 0.343. The Bertz CT molecular complexity index is 969. The van der Waals surface area contributed by atoms with Gasteiger partial charge in [0.15, 0.2) is 0 Å². The molecule has 0 saturated heterocycles. The molecule has 136 valence electrons. The van der Waals surface area contributed by atoms with Gasteiger partial charge in [-0.3, -0.25) is 20.4 Å². The van der Waals surface area contributed by atoms with Crippen molar-refractivity contribution in [3.05, 3.63) is 88.7 Å². The fraction of sp³-hybridized carbons (Fsp3) is 0.0526. The van der Waals surface area contributed by atoms with E-state index in [0.29, 0.717) is 22.8 Å². The average molecular weight is 382 g/mol. The van der Waals surface area contributed by atoms with Crippen molar-refractivity contribution in [3.8, 4) is 0 Å². The highest BCUT2D eigenvalue weighted by Gasteiger charge is 2.06. The molecule has 1 aromatic heterocycles. The Morgan fingerprint density at radius 2 is 1.89 bits per heavy atom. The van der Waals surface area contributed by atoms with Gasteiger partial charge in [-0.05, 0) is 29.8 Å². The Morgan fingerprint density at radius 3 is 2.67 bits per heavy atom. The third-order valence-electron chi connectivity index (χ3n) is 3.54. The predicted molar refractivity (Wildman–Crippen MR) is 102 cm³/mol. The number of aromatic nitrogens is 3. The second-order valence-electron chi connectivity index (χ2n) is 5.61. The Kier molecular flexibility index (Phi) is 5.96. The number of carbonyl (C=O) groups excluding carboxylic acids is 2. The first kappa shape index (κ1) is 18.3. The zero-order chi connectivity index (χ0) is 19.1. The molecule has 2 N–H and O–H groups in total. The van der Waals surface area contributed by atoms with E-state index in [1.165, 1.54) is 18.2 Å². The highest BCUT2D eigenvalue weighted by atomic mass is 35.5. The lowest BCUT2D eigenvalue weighted by Gasteiger charge is -2.05. The maximum absolute atomic E-state index is 11.9. The van der Waals surface area contributed by atoms with E-state index in [2.05, 4.69) is 21.2 Å². The van der Waals surface area contributed by atoms with Crippen LogP contribution in [0.25, 0.3) is 6.08 Å². The summed E-state index contributed by atoms with van der Waals surface area (Å²) in [5.74, 6) is -0.962. The summed E-state index contributed by atoms with van der Waals surface area (Å²) in [5, 5.41) is 8.43. The molecular formula is C19H16ClN5O2. The third-order valence-corrected chi connectivity index (χ3v) is 3.77. The molecule has 0 aliphatic rings. The molecule has 2 amide bonds. The lowest BCUT2D eigenvalue weighted by molar-refractivity contribution is -0.117. The molecule has 2 aromatic carbocycles. The summed E-state index contributed by atoms with van der Waals surface area (Å²) in [4.78, 5) is 23.7. The molecule has 8 heteroatoms. The predicted octanol–water partition coefficient (Wildman–Crippen LogP) is 2.45. The number of benzene rings is 2. The summed E-state index contributed by atoms with van der Waals surface area (Å²) in [5.41, 5.74) is 6.57. The van der Waals surface area contributed by atoms with E-state index in [0.717, 1.165) is 5.56 Å². The van der Waals surface area contributed by atoms with Gasteiger partial charge in [-0.1, -0.05) is 53.2 Å². The van der Waals surface area contributed by atoms with Gasteiger partial charge in [-0.25, -0.2) is 4.68 Å². The number of rotatable bonds is 5. The van der Waals surface area contributed by atoms with Crippen LogP contribution in [0.3, 0.4) is 0 Å². The molecule has 0 aliphatic carbocycles. The van der Waals surface area contributed by atoms with Gasteiger partial charge in [0.2, 0.25) is 0 Å². The van der Waals surface area contributed by atoms with E-state index in [1.807, 2.05) is 30.3 Å². The van der Waals surface area contributed by atoms with E-state index in [1.54, 1.807) is 29.1 Å². The number of amides is 2. The second kappa shape index (κ2) is 8.77. The molecule has 0 saturated carbocycles. The van der Waals surface area contributed by atoms with Gasteiger partial charge in [0.05, 0.1) is 12.7 Å². The van der Waals surface area contributed by atoms with Gasteiger partial charge in [0.25, 0.3) is 11.8 Å². The van der Waals surface area contributed by atoms with Crippen molar-refractivity contribution in [1.29, 1.82) is 0 Å². The first-order valence-electron chi connectivity index (χ1n) is 8.08. The summed E-state index contributed by atoms with van der Waals surface area (Å²) in [6, 6.07) is 16.2. The summed E-state index contributed by atoms with van der Waals surface area (Å²) in [7, 11) is 0. The van der Waals surface area contributed by atoms with E-state index < -0.39 is 11.8 Å². The fourth-order valence-corrected chi connectivity index (χ4v) is 2.45. The maximum Gasteiger partial charge on any atom is 0.269 e. The van der Waals surface area contributed by atoms with Gasteiger partial charge in [0, 0.05) is 16.7 Å². The Morgan fingerprint density at radius 1 is 1.07 bits per heavy atom. The topological polar surface area (TPSA) is 88.9 Å². The second-order valence-corrected chi connectivity index (χ2v) is 6.05. The fourth-order valence-electron chi connectivity index (χ4n) is 2.26. The van der Waals surface area contributed by atoms with Gasteiger partial charge >= 0.3 is 0 Å². The molecule has 27 heavy (non-hydrogen) atoms. The van der Waals surface area contributed by atoms with Crippen molar-refractivity contribution >= 4 is 29.5 Å². The molecule has 7 nitrogen and oxygen atoms in total. The highest BCUT2D eigenvalue weighted by Crippen LogP contribution is 2.10. The zero-order valence-corrected chi connectivity index (χ0v) is 14.9. The smallest absolute Gasteiger partial charge is 0.268 e. The van der Waals surface area contributed by atoms with Crippen LogP contribution in [0, 0.1) is 0 Å². The van der Waals surface area contributed by atoms with E-state index >= 15 is 0 Å². The van der Waals surface area contributed by atoms with Crippen LogP contribution < -0.4 is 10.9 Å². The van der Waals surface area contributed by atoms with Crippen LogP contribution in [0.1, 0.15) is 21.6 Å². The largest absolute Gasteiger partial charge is 0.269 e. The Hall–Kier alpha value is -3.45. The quantitative estimate of drug-likeness (QED) is 0.525. The normalized spacial score (nSPS) is 10.7. The number of halogens is 1. The van der Waals surface area contributed by atoms with Crippen molar-refractivity contribution in [1.82, 2.24) is 25.8 Å². The van der Waals surface area contributed by atoms with Crippen LogP contribution in [0.4, 0.5) is 0 Å². The summed E-state index contributed by atoms with van der Waals surface area (Å²) in [6.07, 6.45) is 4.49. The monoisotopic (exact) mass is 381 g/mol. The molecule has 3 rings (SSSR count). The number of nitrogens with zero attached hydrogens (tertiary/aromatic N) is 3. The van der Waals surface area contributed by atoms with Crippen LogP contribution in [-0.2, 0) is 11.3 Å². The minimum Gasteiger partial charge on any atom is -0.268 e. The number of hydrogen-bond acceptors (Lipinski definition) is 4. The molecular weight excluding hydrogens is 366 g/mol. The summed E-state index contributed by atoms with van der Waals surface area (Å²) in [6.45, 7) is 0.587. The molecule has 0 atom stereocenters. The van der Waals surface area contributed by atoms with Gasteiger partial charge in [0.1, 0.15) is 5.69 Å². The summed E-state index contributed by atoms with van der Waals surface area (Å²) < 4.78 is 1.67. The minimum atomic E-state index is -0.497. The lowest BCUT2D eigenvalue weighted by Crippen LogP contribution is -2.40. The molecule has 0 unspecified atom stereocenters. The molecule has 3 aromatic rings. The van der Waals surface area contributed by atoms with Crippen molar-refractivity contribution in [3.63, 3.8) is 0 Å². The van der Waals surface area contributed by atoms with E-state index in [4.69, 9.17) is 11.6 Å². The van der Waals surface area contributed by atoms with Crippen LogP contribution >= 0.6 is 11.6 Å². The molecule has 0 radical (unpaired) electrons. The van der Waals surface area contributed by atoms with Crippen LogP contribution in [0.5, 0.6) is 0 Å². The lowest BCUT2D eigenvalue weighted by atomic mass is 10.2. The van der Waals surface area contributed by atoms with E-state index in [-0.39, 0.29) is 0 Å². The molecule has 1 heterocycles. The molecule has 0 fully saturated rings. The van der Waals surface area contributed by atoms with Gasteiger partial charge in [-0.15, -0.1) is 5.10 Å². The van der Waals surface area contributed by atoms with Crippen molar-refractivity contribution in [2.75, 3.05) is 0 Å². The maximum atomic E-state index is 11.9. The van der Waals surface area contributed by atoms with Crippen LogP contribution in [0.2, 0.25) is 5.02 Å². The Labute approximate surface area is 160 Å². The molecule has 0 bridgehead atoms. The summed E-state index contributed by atoms with van der Waals surface area (Å²) >= 11 is 5.83. The number of nitrogens with one attached hydrogen (secondary N) is 2. The molecule has 0 aliphatic heterocycles. The first-order chi connectivity index (χ1) is 13.1. The number of carbonyl (C=O) groups is 2. The highest BCUT2D eigenvalue weighted by molar-refractivity contribution is 6.30. The Balaban J connectivity index is 1.50. The van der Waals surface area contributed by atoms with Crippen LogP contribution in [-0.4, -0.2) is 26.8 Å². The zero-order valence-electron chi connectivity index (χ0n) is 14.2.